The number of carbonyl (C=O) groups is 1. The van der Waals surface area contributed by atoms with E-state index < -0.39 is 6.03 Å². The molecule has 0 bridgehead atoms. The van der Waals surface area contributed by atoms with E-state index in [2.05, 4.69) is 22.5 Å². The molecule has 1 heterocycles. The molecule has 1 aromatic carbocycles. The van der Waals surface area contributed by atoms with Gasteiger partial charge in [0, 0.05) is 16.3 Å². The van der Waals surface area contributed by atoms with Gasteiger partial charge in [0.25, 0.3) is 0 Å². The van der Waals surface area contributed by atoms with Gasteiger partial charge in [0.2, 0.25) is 0 Å². The Labute approximate surface area is 115 Å². The molecule has 0 aliphatic carbocycles. The third-order valence-corrected chi connectivity index (χ3v) is 3.80. The third-order valence-electron chi connectivity index (χ3n) is 2.69. The number of nitrogens with one attached hydrogen (secondary N) is 2. The molecule has 0 saturated carbocycles. The second kappa shape index (κ2) is 5.71. The Hall–Kier alpha value is -2.08. The van der Waals surface area contributed by atoms with Crippen molar-refractivity contribution in [2.45, 2.75) is 19.9 Å². The molecule has 100 valence electrons. The fraction of sp³-hybridized carbons (Fsp3) is 0.231. The highest BCUT2D eigenvalue weighted by Gasteiger charge is 2.10. The Bertz CT molecular complexity index is 582. The van der Waals surface area contributed by atoms with E-state index in [0.29, 0.717) is 5.69 Å². The normalized spacial score (nSPS) is 11.9. The second-order valence-corrected chi connectivity index (χ2v) is 5.12. The number of benzene rings is 1. The van der Waals surface area contributed by atoms with Gasteiger partial charge in [0.1, 0.15) is 0 Å². The lowest BCUT2D eigenvalue weighted by atomic mass is 10.2. The summed E-state index contributed by atoms with van der Waals surface area (Å²) in [5, 5.41) is 5.93. The van der Waals surface area contributed by atoms with Crippen LogP contribution >= 0.6 is 11.3 Å². The van der Waals surface area contributed by atoms with E-state index in [9.17, 15) is 4.79 Å². The van der Waals surface area contributed by atoms with Crippen LogP contribution in [0.3, 0.4) is 0 Å². The average molecular weight is 276 g/mol. The predicted octanol–water partition coefficient (Wildman–Crippen LogP) is 3.12. The zero-order chi connectivity index (χ0) is 13.8. The smallest absolute Gasteiger partial charge is 0.316 e. The van der Waals surface area contributed by atoms with E-state index >= 15 is 0 Å². The second-order valence-electron chi connectivity index (χ2n) is 4.24. The van der Waals surface area contributed by atoms with Crippen LogP contribution in [0.25, 0.3) is 0 Å². The Morgan fingerprint density at radius 2 is 2.16 bits per heavy atom. The number of carbonyl (C=O) groups excluding carboxylic acids is 1. The lowest BCUT2D eigenvalue weighted by Gasteiger charge is -2.15. The van der Waals surface area contributed by atoms with Gasteiger partial charge in [-0.15, -0.1) is 11.3 Å². The number of nitrogens with zero attached hydrogens (tertiary/aromatic N) is 1. The summed E-state index contributed by atoms with van der Waals surface area (Å²) < 4.78 is 0. The molecule has 0 spiro atoms. The minimum absolute atomic E-state index is 0.163. The highest BCUT2D eigenvalue weighted by Crippen LogP contribution is 2.26. The Morgan fingerprint density at radius 3 is 2.79 bits per heavy atom. The molecule has 0 aliphatic rings. The van der Waals surface area contributed by atoms with Gasteiger partial charge in [-0.1, -0.05) is 6.07 Å². The van der Waals surface area contributed by atoms with Crippen LogP contribution in [0.1, 0.15) is 23.5 Å². The van der Waals surface area contributed by atoms with Crippen molar-refractivity contribution in [2.24, 2.45) is 5.73 Å². The zero-order valence-electron chi connectivity index (χ0n) is 10.8. The molecule has 6 heteroatoms. The molecule has 0 aliphatic heterocycles. The maximum absolute atomic E-state index is 10.8. The van der Waals surface area contributed by atoms with Crippen LogP contribution in [0.15, 0.2) is 29.8 Å². The van der Waals surface area contributed by atoms with Crippen molar-refractivity contribution in [3.63, 3.8) is 0 Å². The van der Waals surface area contributed by atoms with Crippen molar-refractivity contribution in [1.29, 1.82) is 0 Å². The first kappa shape index (κ1) is 13.4. The van der Waals surface area contributed by atoms with Crippen LogP contribution in [-0.4, -0.2) is 11.0 Å². The van der Waals surface area contributed by atoms with Gasteiger partial charge in [0.15, 0.2) is 0 Å². The molecule has 0 radical (unpaired) electrons. The number of amides is 2. The molecule has 4 N–H and O–H groups in total. The number of primary amides is 1. The van der Waals surface area contributed by atoms with Crippen molar-refractivity contribution in [3.05, 3.63) is 40.3 Å². The average Bonchev–Trinajstić information content (AvgIpc) is 2.75. The number of aromatic nitrogens is 1. The standard InChI is InChI=1S/C13H16N4OS/c1-8-12(19-7-15-8)9(2)16-10-4-3-5-11(6-10)17-13(14)18/h3-7,9,16H,1-2H3,(H3,14,17,18). The van der Waals surface area contributed by atoms with Crippen molar-refractivity contribution >= 4 is 28.7 Å². The number of anilines is 2. The molecule has 2 amide bonds. The summed E-state index contributed by atoms with van der Waals surface area (Å²) in [6.45, 7) is 4.07. The summed E-state index contributed by atoms with van der Waals surface area (Å²) in [5.74, 6) is 0. The molecule has 1 aromatic heterocycles. The number of thiazole rings is 1. The van der Waals surface area contributed by atoms with Crippen LogP contribution in [0.4, 0.5) is 16.2 Å². The SMILES string of the molecule is Cc1ncsc1C(C)Nc1cccc(NC(N)=O)c1. The number of nitrogens with two attached hydrogens (primary N) is 1. The van der Waals surface area contributed by atoms with E-state index in [1.165, 1.54) is 4.88 Å². The minimum atomic E-state index is -0.566. The first-order valence-corrected chi connectivity index (χ1v) is 6.77. The maximum Gasteiger partial charge on any atom is 0.316 e. The van der Waals surface area contributed by atoms with Gasteiger partial charge in [-0.3, -0.25) is 0 Å². The first-order valence-electron chi connectivity index (χ1n) is 5.89. The van der Waals surface area contributed by atoms with Crippen molar-refractivity contribution < 1.29 is 4.79 Å². The molecule has 19 heavy (non-hydrogen) atoms. The topological polar surface area (TPSA) is 80.0 Å². The molecule has 5 nitrogen and oxygen atoms in total. The minimum Gasteiger partial charge on any atom is -0.378 e. The van der Waals surface area contributed by atoms with Crippen LogP contribution in [0.2, 0.25) is 0 Å². The Balaban J connectivity index is 2.11. The van der Waals surface area contributed by atoms with Gasteiger partial charge >= 0.3 is 6.03 Å². The molecule has 0 saturated heterocycles. The Morgan fingerprint density at radius 1 is 1.42 bits per heavy atom. The van der Waals surface area contributed by atoms with Gasteiger partial charge < -0.3 is 16.4 Å². The number of hydrogen-bond donors (Lipinski definition) is 3. The molecule has 2 rings (SSSR count). The van der Waals surface area contributed by atoms with Gasteiger partial charge in [-0.2, -0.15) is 0 Å². The van der Waals surface area contributed by atoms with Crippen LogP contribution in [0, 0.1) is 6.92 Å². The highest BCUT2D eigenvalue weighted by molar-refractivity contribution is 7.09. The molecule has 2 aromatic rings. The largest absolute Gasteiger partial charge is 0.378 e. The number of hydrogen-bond acceptors (Lipinski definition) is 4. The summed E-state index contributed by atoms with van der Waals surface area (Å²) >= 11 is 1.63. The summed E-state index contributed by atoms with van der Waals surface area (Å²) in [5.41, 5.74) is 9.57. The quantitative estimate of drug-likeness (QED) is 0.802. The first-order chi connectivity index (χ1) is 9.06. The van der Waals surface area contributed by atoms with Crippen molar-refractivity contribution in [2.75, 3.05) is 10.6 Å². The summed E-state index contributed by atoms with van der Waals surface area (Å²) in [4.78, 5) is 16.3. The number of rotatable bonds is 4. The molecule has 1 unspecified atom stereocenters. The maximum atomic E-state index is 10.8. The summed E-state index contributed by atoms with van der Waals surface area (Å²) in [7, 11) is 0. The van der Waals surface area contributed by atoms with Gasteiger partial charge in [-0.25, -0.2) is 9.78 Å². The third kappa shape index (κ3) is 3.45. The van der Waals surface area contributed by atoms with E-state index in [4.69, 9.17) is 5.73 Å². The van der Waals surface area contributed by atoms with E-state index in [1.807, 2.05) is 30.6 Å². The van der Waals surface area contributed by atoms with Crippen LogP contribution in [0.5, 0.6) is 0 Å². The molecular formula is C13H16N4OS. The zero-order valence-corrected chi connectivity index (χ0v) is 11.6. The molecular weight excluding hydrogens is 260 g/mol. The van der Waals surface area contributed by atoms with E-state index in [1.54, 1.807) is 17.4 Å². The van der Waals surface area contributed by atoms with Gasteiger partial charge in [0.05, 0.1) is 17.2 Å². The Kier molecular flexibility index (Phi) is 4.01. The fourth-order valence-electron chi connectivity index (χ4n) is 1.87. The van der Waals surface area contributed by atoms with Crippen molar-refractivity contribution in [1.82, 2.24) is 4.98 Å². The number of aryl methyl sites for hydroxylation is 1. The molecule has 0 fully saturated rings. The lowest BCUT2D eigenvalue weighted by Crippen LogP contribution is -2.19. The predicted molar refractivity (Wildman–Crippen MR) is 78.5 cm³/mol. The van der Waals surface area contributed by atoms with E-state index in [-0.39, 0.29) is 6.04 Å². The van der Waals surface area contributed by atoms with Crippen LogP contribution in [-0.2, 0) is 0 Å². The van der Waals surface area contributed by atoms with Crippen molar-refractivity contribution in [3.8, 4) is 0 Å². The van der Waals surface area contributed by atoms with Gasteiger partial charge in [-0.05, 0) is 32.0 Å². The van der Waals surface area contributed by atoms with E-state index in [0.717, 1.165) is 11.4 Å². The monoisotopic (exact) mass is 276 g/mol. The van der Waals surface area contributed by atoms with Crippen LogP contribution < -0.4 is 16.4 Å². The summed E-state index contributed by atoms with van der Waals surface area (Å²) in [6.07, 6.45) is 0. The fourth-order valence-corrected chi connectivity index (χ4v) is 2.68. The lowest BCUT2D eigenvalue weighted by molar-refractivity contribution is 0.259. The number of urea groups is 1. The highest BCUT2D eigenvalue weighted by atomic mass is 32.1. The summed E-state index contributed by atoms with van der Waals surface area (Å²) in [6, 6.07) is 7.04. The molecule has 1 atom stereocenters.